The van der Waals surface area contributed by atoms with Gasteiger partial charge in [-0.2, -0.15) is 13.2 Å². The number of fused-ring (bicyclic) bond motifs is 1. The summed E-state index contributed by atoms with van der Waals surface area (Å²) in [4.78, 5) is 22.4. The van der Waals surface area contributed by atoms with E-state index in [1.807, 2.05) is 0 Å². The standard InChI is InChI=1S/C13H10F3NO3/c1-7(18)17-6-12(20-8(2)19)10-4-3-9(5-11(10)17)13(14,15)16/h3-6H,1-2H3. The third-order valence-corrected chi connectivity index (χ3v) is 2.69. The molecule has 0 fully saturated rings. The van der Waals surface area contributed by atoms with Gasteiger partial charge in [-0.15, -0.1) is 0 Å². The summed E-state index contributed by atoms with van der Waals surface area (Å²) in [6.07, 6.45) is -3.31. The van der Waals surface area contributed by atoms with Crippen molar-refractivity contribution in [1.29, 1.82) is 0 Å². The Hall–Kier alpha value is -2.31. The molecule has 0 radical (unpaired) electrons. The van der Waals surface area contributed by atoms with Crippen molar-refractivity contribution in [3.05, 3.63) is 30.0 Å². The summed E-state index contributed by atoms with van der Waals surface area (Å²) in [5, 5.41) is 0.267. The molecule has 0 amide bonds. The Morgan fingerprint density at radius 3 is 2.35 bits per heavy atom. The van der Waals surface area contributed by atoms with Crippen molar-refractivity contribution in [3.8, 4) is 5.75 Å². The first kappa shape index (κ1) is 14.1. The fourth-order valence-electron chi connectivity index (χ4n) is 1.87. The van der Waals surface area contributed by atoms with Gasteiger partial charge in [-0.1, -0.05) is 0 Å². The number of alkyl halides is 3. The van der Waals surface area contributed by atoms with Crippen LogP contribution in [0, 0.1) is 0 Å². The number of benzene rings is 1. The first-order valence-electron chi connectivity index (χ1n) is 5.62. The molecule has 1 aromatic heterocycles. The molecule has 106 valence electrons. The maximum absolute atomic E-state index is 12.7. The van der Waals surface area contributed by atoms with Crippen LogP contribution >= 0.6 is 0 Å². The highest BCUT2D eigenvalue weighted by atomic mass is 19.4. The van der Waals surface area contributed by atoms with Crippen molar-refractivity contribution in [1.82, 2.24) is 4.57 Å². The van der Waals surface area contributed by atoms with Gasteiger partial charge in [0.05, 0.1) is 17.3 Å². The first-order chi connectivity index (χ1) is 9.20. The third kappa shape index (κ3) is 2.52. The van der Waals surface area contributed by atoms with Crippen LogP contribution in [0.1, 0.15) is 24.2 Å². The van der Waals surface area contributed by atoms with Crippen molar-refractivity contribution in [2.45, 2.75) is 20.0 Å². The molecule has 2 aromatic rings. The number of hydrogen-bond donors (Lipinski definition) is 0. The van der Waals surface area contributed by atoms with Crippen molar-refractivity contribution < 1.29 is 27.5 Å². The quantitative estimate of drug-likeness (QED) is 0.756. The van der Waals surface area contributed by atoms with Crippen molar-refractivity contribution in [3.63, 3.8) is 0 Å². The second-order valence-corrected chi connectivity index (χ2v) is 4.21. The van der Waals surface area contributed by atoms with Crippen LogP contribution < -0.4 is 4.74 Å². The van der Waals surface area contributed by atoms with E-state index in [1.54, 1.807) is 0 Å². The van der Waals surface area contributed by atoms with E-state index < -0.39 is 23.6 Å². The SMILES string of the molecule is CC(=O)Oc1cn(C(C)=O)c2cc(C(F)(F)F)ccc12. The highest BCUT2D eigenvalue weighted by molar-refractivity contribution is 5.96. The van der Waals surface area contributed by atoms with Gasteiger partial charge in [0.1, 0.15) is 0 Å². The molecule has 20 heavy (non-hydrogen) atoms. The Morgan fingerprint density at radius 1 is 1.20 bits per heavy atom. The van der Waals surface area contributed by atoms with Gasteiger partial charge in [-0.05, 0) is 18.2 Å². The Morgan fingerprint density at radius 2 is 1.85 bits per heavy atom. The number of hydrogen-bond acceptors (Lipinski definition) is 3. The highest BCUT2D eigenvalue weighted by Gasteiger charge is 2.31. The largest absolute Gasteiger partial charge is 0.424 e. The lowest BCUT2D eigenvalue weighted by Gasteiger charge is -2.07. The molecule has 4 nitrogen and oxygen atoms in total. The van der Waals surface area contributed by atoms with Gasteiger partial charge >= 0.3 is 12.1 Å². The second-order valence-electron chi connectivity index (χ2n) is 4.21. The lowest BCUT2D eigenvalue weighted by atomic mass is 10.1. The molecular weight excluding hydrogens is 275 g/mol. The molecular formula is C13H10F3NO3. The molecule has 0 atom stereocenters. The normalized spacial score (nSPS) is 11.7. The summed E-state index contributed by atoms with van der Waals surface area (Å²) in [6, 6.07) is 2.90. The number of esters is 1. The molecule has 0 aliphatic carbocycles. The van der Waals surface area contributed by atoms with Crippen LogP contribution in [0.2, 0.25) is 0 Å². The zero-order valence-corrected chi connectivity index (χ0v) is 10.6. The Balaban J connectivity index is 2.70. The van der Waals surface area contributed by atoms with Crippen LogP contribution in [0.4, 0.5) is 13.2 Å². The van der Waals surface area contributed by atoms with E-state index in [0.29, 0.717) is 0 Å². The van der Waals surface area contributed by atoms with Gasteiger partial charge < -0.3 is 4.74 Å². The summed E-state index contributed by atoms with van der Waals surface area (Å²) < 4.78 is 44.0. The highest BCUT2D eigenvalue weighted by Crippen LogP contribution is 2.35. The van der Waals surface area contributed by atoms with Crippen LogP contribution in [0.5, 0.6) is 5.75 Å². The molecule has 1 aromatic carbocycles. The van der Waals surface area contributed by atoms with Crippen molar-refractivity contribution in [2.24, 2.45) is 0 Å². The fraction of sp³-hybridized carbons (Fsp3) is 0.231. The maximum atomic E-state index is 12.7. The molecule has 0 saturated carbocycles. The predicted octanol–water partition coefficient (Wildman–Crippen LogP) is 3.25. The van der Waals surface area contributed by atoms with E-state index in [9.17, 15) is 22.8 Å². The van der Waals surface area contributed by atoms with Crippen molar-refractivity contribution in [2.75, 3.05) is 0 Å². The summed E-state index contributed by atoms with van der Waals surface area (Å²) in [5.41, 5.74) is -0.830. The smallest absolute Gasteiger partial charge is 0.416 e. The Labute approximate surface area is 111 Å². The summed E-state index contributed by atoms with van der Waals surface area (Å²) in [6.45, 7) is 2.37. The summed E-state index contributed by atoms with van der Waals surface area (Å²) >= 11 is 0. The third-order valence-electron chi connectivity index (χ3n) is 2.69. The minimum Gasteiger partial charge on any atom is -0.424 e. The average Bonchev–Trinajstić information content (AvgIpc) is 2.66. The maximum Gasteiger partial charge on any atom is 0.416 e. The predicted molar refractivity (Wildman–Crippen MR) is 64.5 cm³/mol. The summed E-state index contributed by atoms with van der Waals surface area (Å²) in [5.74, 6) is -1.04. The average molecular weight is 285 g/mol. The lowest BCUT2D eigenvalue weighted by molar-refractivity contribution is -0.137. The number of ether oxygens (including phenoxy) is 1. The number of halogens is 3. The first-order valence-corrected chi connectivity index (χ1v) is 5.62. The monoisotopic (exact) mass is 285 g/mol. The van der Waals surface area contributed by atoms with Crippen LogP contribution in [-0.2, 0) is 11.0 Å². The fourth-order valence-corrected chi connectivity index (χ4v) is 1.87. The topological polar surface area (TPSA) is 48.3 Å². The molecule has 1 heterocycles. The van der Waals surface area contributed by atoms with Crippen LogP contribution in [0.25, 0.3) is 10.9 Å². The zero-order valence-electron chi connectivity index (χ0n) is 10.6. The molecule has 0 bridgehead atoms. The summed E-state index contributed by atoms with van der Waals surface area (Å²) in [7, 11) is 0. The van der Waals surface area contributed by atoms with Crippen LogP contribution in [-0.4, -0.2) is 16.4 Å². The van der Waals surface area contributed by atoms with E-state index in [4.69, 9.17) is 4.74 Å². The molecule has 0 spiro atoms. The van der Waals surface area contributed by atoms with E-state index in [0.717, 1.165) is 16.7 Å². The van der Waals surface area contributed by atoms with Gasteiger partial charge in [0.2, 0.25) is 5.91 Å². The number of carbonyl (C=O) groups excluding carboxylic acids is 2. The Bertz CT molecular complexity index is 701. The van der Waals surface area contributed by atoms with Gasteiger partial charge in [0.25, 0.3) is 0 Å². The second kappa shape index (κ2) is 4.66. The van der Waals surface area contributed by atoms with Gasteiger partial charge in [0, 0.05) is 19.2 Å². The molecule has 0 aliphatic rings. The molecule has 0 unspecified atom stereocenters. The molecule has 7 heteroatoms. The van der Waals surface area contributed by atoms with E-state index in [2.05, 4.69) is 0 Å². The minimum absolute atomic E-state index is 0.0450. The number of carbonyl (C=O) groups is 2. The van der Waals surface area contributed by atoms with Crippen LogP contribution in [0.3, 0.4) is 0 Å². The zero-order chi connectivity index (χ0) is 15.1. The van der Waals surface area contributed by atoms with Crippen LogP contribution in [0.15, 0.2) is 24.4 Å². The van der Waals surface area contributed by atoms with Crippen molar-refractivity contribution >= 4 is 22.8 Å². The molecule has 0 aliphatic heterocycles. The van der Waals surface area contributed by atoms with E-state index in [1.165, 1.54) is 26.1 Å². The minimum atomic E-state index is -4.51. The number of nitrogens with zero attached hydrogens (tertiary/aromatic N) is 1. The molecule has 2 rings (SSSR count). The van der Waals surface area contributed by atoms with E-state index in [-0.39, 0.29) is 16.7 Å². The number of rotatable bonds is 1. The number of aromatic nitrogens is 1. The lowest BCUT2D eigenvalue weighted by Crippen LogP contribution is -2.07. The van der Waals surface area contributed by atoms with E-state index >= 15 is 0 Å². The van der Waals surface area contributed by atoms with Gasteiger partial charge in [-0.25, -0.2) is 0 Å². The molecule has 0 saturated heterocycles. The van der Waals surface area contributed by atoms with Gasteiger partial charge in [0.15, 0.2) is 5.75 Å². The Kier molecular flexibility index (Phi) is 3.29. The van der Waals surface area contributed by atoms with Gasteiger partial charge in [-0.3, -0.25) is 14.2 Å². The molecule has 0 N–H and O–H groups in total.